The van der Waals surface area contributed by atoms with Crippen LogP contribution in [0.4, 0.5) is 13.2 Å². The highest BCUT2D eigenvalue weighted by atomic mass is 35.5. The van der Waals surface area contributed by atoms with E-state index in [9.17, 15) is 18.0 Å². The van der Waals surface area contributed by atoms with Gasteiger partial charge in [0.25, 0.3) is 0 Å². The highest BCUT2D eigenvalue weighted by Crippen LogP contribution is 2.33. The van der Waals surface area contributed by atoms with Crippen LogP contribution in [0.25, 0.3) is 0 Å². The average Bonchev–Trinajstić information content (AvgIpc) is 1.99. The Bertz CT molecular complexity index is 385. The molecule has 1 aromatic carbocycles. The fourth-order valence-electron chi connectivity index (χ4n) is 1.25. The maximum Gasteiger partial charge on any atom is 0.416 e. The van der Waals surface area contributed by atoms with E-state index in [0.717, 1.165) is 12.1 Å². The molecule has 82 valence electrons. The molecule has 0 fully saturated rings. The summed E-state index contributed by atoms with van der Waals surface area (Å²) in [5, 5.41) is 0.194. The molecule has 0 aromatic heterocycles. The minimum Gasteiger partial charge on any atom is -0.300 e. The Morgan fingerprint density at radius 2 is 2.00 bits per heavy atom. The molecule has 0 aliphatic heterocycles. The quantitative estimate of drug-likeness (QED) is 0.768. The van der Waals surface area contributed by atoms with Crippen molar-refractivity contribution in [2.24, 2.45) is 0 Å². The van der Waals surface area contributed by atoms with Crippen LogP contribution in [0, 0.1) is 0 Å². The molecule has 0 spiro atoms. The molecule has 0 aliphatic carbocycles. The molecule has 0 N–H and O–H groups in total. The molecule has 0 amide bonds. The zero-order valence-electron chi connectivity index (χ0n) is 7.86. The highest BCUT2D eigenvalue weighted by Gasteiger charge is 2.33. The molecular formula is C10H8ClF3O. The minimum atomic E-state index is -4.45. The molecule has 1 nitrogen and oxygen atoms in total. The number of hydrogen-bond acceptors (Lipinski definition) is 1. The fourth-order valence-corrected chi connectivity index (χ4v) is 1.45. The third kappa shape index (κ3) is 3.23. The second-order valence-corrected chi connectivity index (χ2v) is 3.61. The lowest BCUT2D eigenvalue weighted by Crippen LogP contribution is -2.11. The molecule has 0 aliphatic rings. The first-order chi connectivity index (χ1) is 6.80. The number of halogens is 4. The summed E-state index contributed by atoms with van der Waals surface area (Å²) in [6.07, 6.45) is -4.70. The van der Waals surface area contributed by atoms with E-state index in [1.54, 1.807) is 0 Å². The predicted octanol–water partition coefficient (Wildman–Crippen LogP) is 3.49. The zero-order chi connectivity index (χ0) is 11.6. The fraction of sp³-hybridized carbons (Fsp3) is 0.300. The molecule has 0 saturated heterocycles. The Morgan fingerprint density at radius 3 is 2.47 bits per heavy atom. The molecule has 0 bridgehead atoms. The molecule has 1 rings (SSSR count). The zero-order valence-corrected chi connectivity index (χ0v) is 8.62. The Labute approximate surface area is 89.9 Å². The molecular weight excluding hydrogens is 229 g/mol. The van der Waals surface area contributed by atoms with Gasteiger partial charge < -0.3 is 0 Å². The lowest BCUT2D eigenvalue weighted by atomic mass is 10.0. The summed E-state index contributed by atoms with van der Waals surface area (Å²) in [7, 11) is 0. The van der Waals surface area contributed by atoms with Gasteiger partial charge in [-0.25, -0.2) is 0 Å². The monoisotopic (exact) mass is 236 g/mol. The van der Waals surface area contributed by atoms with Gasteiger partial charge in [-0.05, 0) is 30.7 Å². The second kappa shape index (κ2) is 4.23. The molecule has 15 heavy (non-hydrogen) atoms. The average molecular weight is 237 g/mol. The topological polar surface area (TPSA) is 17.1 Å². The molecule has 0 unspecified atom stereocenters. The van der Waals surface area contributed by atoms with Crippen molar-refractivity contribution >= 4 is 17.4 Å². The number of Topliss-reactive ketones (excluding diaryl/α,β-unsaturated/α-hetero) is 1. The molecule has 1 aromatic rings. The highest BCUT2D eigenvalue weighted by molar-refractivity contribution is 6.30. The first kappa shape index (κ1) is 12.0. The van der Waals surface area contributed by atoms with E-state index in [0.29, 0.717) is 0 Å². The Hall–Kier alpha value is -1.03. The van der Waals surface area contributed by atoms with Crippen LogP contribution in [0.15, 0.2) is 18.2 Å². The van der Waals surface area contributed by atoms with Gasteiger partial charge in [-0.2, -0.15) is 13.2 Å². The normalized spacial score (nSPS) is 11.5. The lowest BCUT2D eigenvalue weighted by molar-refractivity contribution is -0.138. The van der Waals surface area contributed by atoms with E-state index < -0.39 is 11.7 Å². The van der Waals surface area contributed by atoms with Crippen molar-refractivity contribution in [2.75, 3.05) is 0 Å². The van der Waals surface area contributed by atoms with Crippen LogP contribution in [0.2, 0.25) is 5.02 Å². The molecule has 0 heterocycles. The Morgan fingerprint density at radius 1 is 1.40 bits per heavy atom. The SMILES string of the molecule is CC(=O)Cc1cc(Cl)ccc1C(F)(F)F. The van der Waals surface area contributed by atoms with Crippen molar-refractivity contribution < 1.29 is 18.0 Å². The van der Waals surface area contributed by atoms with Gasteiger partial charge in [0.15, 0.2) is 0 Å². The summed E-state index contributed by atoms with van der Waals surface area (Å²) in [5.74, 6) is -0.331. The summed E-state index contributed by atoms with van der Waals surface area (Å²) in [5.41, 5.74) is -0.885. The van der Waals surface area contributed by atoms with E-state index in [1.807, 2.05) is 0 Å². The molecule has 0 saturated carbocycles. The van der Waals surface area contributed by atoms with E-state index in [4.69, 9.17) is 11.6 Å². The van der Waals surface area contributed by atoms with Crippen LogP contribution in [-0.2, 0) is 17.4 Å². The van der Waals surface area contributed by atoms with Gasteiger partial charge in [0.1, 0.15) is 5.78 Å². The second-order valence-electron chi connectivity index (χ2n) is 3.18. The number of carbonyl (C=O) groups excluding carboxylic acids is 1. The van der Waals surface area contributed by atoms with Crippen molar-refractivity contribution in [3.05, 3.63) is 34.3 Å². The van der Waals surface area contributed by atoms with Gasteiger partial charge in [0.2, 0.25) is 0 Å². The van der Waals surface area contributed by atoms with Gasteiger partial charge in [0.05, 0.1) is 5.56 Å². The van der Waals surface area contributed by atoms with Crippen molar-refractivity contribution in [1.29, 1.82) is 0 Å². The molecule has 0 atom stereocenters. The van der Waals surface area contributed by atoms with Gasteiger partial charge in [-0.1, -0.05) is 11.6 Å². The summed E-state index contributed by atoms with van der Waals surface area (Å²) in [4.78, 5) is 10.8. The van der Waals surface area contributed by atoms with E-state index in [-0.39, 0.29) is 22.8 Å². The number of benzene rings is 1. The van der Waals surface area contributed by atoms with Crippen LogP contribution in [0.3, 0.4) is 0 Å². The van der Waals surface area contributed by atoms with E-state index >= 15 is 0 Å². The first-order valence-corrected chi connectivity index (χ1v) is 4.53. The predicted molar refractivity (Wildman–Crippen MR) is 50.8 cm³/mol. The van der Waals surface area contributed by atoms with E-state index in [2.05, 4.69) is 0 Å². The number of carbonyl (C=O) groups is 1. The molecule has 0 radical (unpaired) electrons. The van der Waals surface area contributed by atoms with Crippen molar-refractivity contribution in [2.45, 2.75) is 19.5 Å². The summed E-state index contributed by atoms with van der Waals surface area (Å²) < 4.78 is 37.4. The van der Waals surface area contributed by atoms with Crippen molar-refractivity contribution in [1.82, 2.24) is 0 Å². The number of hydrogen-bond donors (Lipinski definition) is 0. The maximum absolute atomic E-state index is 12.5. The van der Waals surface area contributed by atoms with Crippen LogP contribution in [0.5, 0.6) is 0 Å². The number of ketones is 1. The van der Waals surface area contributed by atoms with Gasteiger partial charge >= 0.3 is 6.18 Å². The Kier molecular flexibility index (Phi) is 3.39. The van der Waals surface area contributed by atoms with Crippen molar-refractivity contribution in [3.8, 4) is 0 Å². The van der Waals surface area contributed by atoms with Gasteiger partial charge in [0, 0.05) is 11.4 Å². The largest absolute Gasteiger partial charge is 0.416 e. The smallest absolute Gasteiger partial charge is 0.300 e. The first-order valence-electron chi connectivity index (χ1n) is 4.16. The van der Waals surface area contributed by atoms with E-state index in [1.165, 1.54) is 13.0 Å². The lowest BCUT2D eigenvalue weighted by Gasteiger charge is -2.11. The third-order valence-electron chi connectivity index (χ3n) is 1.81. The third-order valence-corrected chi connectivity index (χ3v) is 2.05. The minimum absolute atomic E-state index is 0.0810. The van der Waals surface area contributed by atoms with Crippen LogP contribution in [0.1, 0.15) is 18.1 Å². The summed E-state index contributed by atoms with van der Waals surface area (Å²) in [6.45, 7) is 1.24. The Balaban J connectivity index is 3.20. The maximum atomic E-state index is 12.5. The van der Waals surface area contributed by atoms with Gasteiger partial charge in [-0.3, -0.25) is 4.79 Å². The number of alkyl halides is 3. The standard InChI is InChI=1S/C10H8ClF3O/c1-6(15)4-7-5-8(11)2-3-9(7)10(12,13)14/h2-3,5H,4H2,1H3. The summed E-state index contributed by atoms with van der Waals surface area (Å²) in [6, 6.07) is 3.22. The van der Waals surface area contributed by atoms with Crippen LogP contribution >= 0.6 is 11.6 Å². The van der Waals surface area contributed by atoms with Crippen LogP contribution in [-0.4, -0.2) is 5.78 Å². The summed E-state index contributed by atoms with van der Waals surface area (Å²) >= 11 is 5.57. The van der Waals surface area contributed by atoms with Crippen molar-refractivity contribution in [3.63, 3.8) is 0 Å². The van der Waals surface area contributed by atoms with Crippen LogP contribution < -0.4 is 0 Å². The number of rotatable bonds is 2. The van der Waals surface area contributed by atoms with Gasteiger partial charge in [-0.15, -0.1) is 0 Å². The molecule has 5 heteroatoms.